The average molecular weight is 483 g/mol. The molecule has 3 amide bonds. The lowest BCUT2D eigenvalue weighted by atomic mass is 10.1. The molecule has 1 aromatic carbocycles. The minimum atomic E-state index is -0.561. The van der Waals surface area contributed by atoms with Gasteiger partial charge in [-0.25, -0.2) is 9.78 Å². The first-order valence-corrected chi connectivity index (χ1v) is 11.6. The number of hydrogen-bond acceptors (Lipinski definition) is 7. The van der Waals surface area contributed by atoms with Crippen molar-refractivity contribution in [3.63, 3.8) is 0 Å². The second-order valence-corrected chi connectivity index (χ2v) is 10.0. The Kier molecular flexibility index (Phi) is 6.43. The predicted octanol–water partition coefficient (Wildman–Crippen LogP) is 4.84. The Morgan fingerprint density at radius 3 is 2.65 bits per heavy atom. The molecule has 2 N–H and O–H groups in total. The van der Waals surface area contributed by atoms with Gasteiger partial charge in [-0.15, -0.1) is 0 Å². The molecule has 0 saturated carbocycles. The molecule has 0 unspecified atom stereocenters. The van der Waals surface area contributed by atoms with Crippen LogP contribution in [0.2, 0.25) is 0 Å². The van der Waals surface area contributed by atoms with Gasteiger partial charge in [0.25, 0.3) is 11.8 Å². The zero-order valence-corrected chi connectivity index (χ0v) is 20.2. The van der Waals surface area contributed by atoms with Gasteiger partial charge in [-0.3, -0.25) is 14.9 Å². The summed E-state index contributed by atoms with van der Waals surface area (Å²) in [6, 6.07) is 8.26. The van der Waals surface area contributed by atoms with Crippen LogP contribution in [0.4, 0.5) is 15.6 Å². The monoisotopic (exact) mass is 482 g/mol. The van der Waals surface area contributed by atoms with Crippen molar-refractivity contribution in [1.82, 2.24) is 9.88 Å². The number of carbonyl (C=O) groups excluding carboxylic acids is 3. The Bertz CT molecular complexity index is 1230. The van der Waals surface area contributed by atoms with Crippen LogP contribution < -0.4 is 10.6 Å². The number of benzene rings is 1. The summed E-state index contributed by atoms with van der Waals surface area (Å²) in [5.41, 5.74) is 2.01. The zero-order valence-electron chi connectivity index (χ0n) is 19.4. The molecular weight excluding hydrogens is 456 g/mol. The van der Waals surface area contributed by atoms with Crippen molar-refractivity contribution in [3.05, 3.63) is 64.1 Å². The van der Waals surface area contributed by atoms with Crippen molar-refractivity contribution in [3.8, 4) is 0 Å². The van der Waals surface area contributed by atoms with Crippen molar-refractivity contribution in [2.75, 3.05) is 17.2 Å². The van der Waals surface area contributed by atoms with E-state index in [4.69, 9.17) is 9.15 Å². The number of nitrogens with one attached hydrogen (secondary N) is 2. The number of furan rings is 1. The summed E-state index contributed by atoms with van der Waals surface area (Å²) in [5.74, 6) is -0.556. The van der Waals surface area contributed by atoms with Gasteiger partial charge in [0.05, 0.1) is 18.5 Å². The molecule has 0 fully saturated rings. The molecule has 0 radical (unpaired) electrons. The molecule has 0 atom stereocenters. The number of aromatic nitrogens is 1. The topological polar surface area (TPSA) is 114 Å². The van der Waals surface area contributed by atoms with Crippen LogP contribution in [0.15, 0.2) is 41.0 Å². The molecule has 10 heteroatoms. The van der Waals surface area contributed by atoms with Crippen LogP contribution in [0.1, 0.15) is 57.8 Å². The zero-order chi connectivity index (χ0) is 24.5. The number of amides is 3. The van der Waals surface area contributed by atoms with Crippen molar-refractivity contribution in [2.45, 2.75) is 46.3 Å². The van der Waals surface area contributed by atoms with E-state index in [1.54, 1.807) is 35.2 Å². The molecule has 3 heterocycles. The largest absolute Gasteiger partial charge is 0.459 e. The van der Waals surface area contributed by atoms with E-state index in [1.807, 2.05) is 27.7 Å². The second-order valence-electron chi connectivity index (χ2n) is 8.96. The van der Waals surface area contributed by atoms with Gasteiger partial charge >= 0.3 is 6.09 Å². The van der Waals surface area contributed by atoms with E-state index in [2.05, 4.69) is 15.6 Å². The smallest absolute Gasteiger partial charge is 0.410 e. The fourth-order valence-corrected chi connectivity index (χ4v) is 4.41. The maximum Gasteiger partial charge on any atom is 0.410 e. The summed E-state index contributed by atoms with van der Waals surface area (Å²) in [4.78, 5) is 44.7. The number of rotatable bonds is 4. The van der Waals surface area contributed by atoms with E-state index in [-0.39, 0.29) is 17.8 Å². The molecule has 0 aliphatic carbocycles. The number of anilines is 2. The summed E-state index contributed by atoms with van der Waals surface area (Å²) < 4.78 is 10.6. The van der Waals surface area contributed by atoms with Crippen molar-refractivity contribution in [1.29, 1.82) is 0 Å². The number of aryl methyl sites for hydroxylation is 1. The molecular formula is C24H26N4O5S. The van der Waals surface area contributed by atoms with E-state index in [0.29, 0.717) is 35.9 Å². The lowest BCUT2D eigenvalue weighted by Crippen LogP contribution is -2.39. The third kappa shape index (κ3) is 5.45. The van der Waals surface area contributed by atoms with Crippen LogP contribution in [0.3, 0.4) is 0 Å². The maximum absolute atomic E-state index is 12.9. The molecule has 34 heavy (non-hydrogen) atoms. The van der Waals surface area contributed by atoms with Crippen LogP contribution in [0, 0.1) is 6.92 Å². The number of nitrogens with zero attached hydrogens (tertiary/aromatic N) is 2. The Morgan fingerprint density at radius 2 is 1.94 bits per heavy atom. The SMILES string of the molecule is Cc1ccc(C(=O)Nc2nc3c(s2)CN(C(=O)OC(C)(C)C)CC3)cc1NC(=O)c1ccco1. The lowest BCUT2D eigenvalue weighted by Gasteiger charge is -2.29. The van der Waals surface area contributed by atoms with Crippen molar-refractivity contribution >= 4 is 40.1 Å². The van der Waals surface area contributed by atoms with E-state index in [0.717, 1.165) is 16.1 Å². The highest BCUT2D eigenvalue weighted by atomic mass is 32.1. The molecule has 3 aromatic rings. The van der Waals surface area contributed by atoms with Gasteiger partial charge in [0.2, 0.25) is 0 Å². The van der Waals surface area contributed by atoms with Crippen LogP contribution in [0.5, 0.6) is 0 Å². The minimum Gasteiger partial charge on any atom is -0.459 e. The van der Waals surface area contributed by atoms with E-state index < -0.39 is 11.5 Å². The van der Waals surface area contributed by atoms with Gasteiger partial charge < -0.3 is 19.4 Å². The summed E-state index contributed by atoms with van der Waals surface area (Å²) in [7, 11) is 0. The van der Waals surface area contributed by atoms with E-state index >= 15 is 0 Å². The highest BCUT2D eigenvalue weighted by Gasteiger charge is 2.28. The third-order valence-corrected chi connectivity index (χ3v) is 6.09. The lowest BCUT2D eigenvalue weighted by molar-refractivity contribution is 0.0225. The molecule has 4 rings (SSSR count). The summed E-state index contributed by atoms with van der Waals surface area (Å²) in [5, 5.41) is 6.06. The molecule has 9 nitrogen and oxygen atoms in total. The van der Waals surface area contributed by atoms with Crippen LogP contribution in [0.25, 0.3) is 0 Å². The normalized spacial score (nSPS) is 13.2. The van der Waals surface area contributed by atoms with Crippen LogP contribution >= 0.6 is 11.3 Å². The fourth-order valence-electron chi connectivity index (χ4n) is 3.39. The highest BCUT2D eigenvalue weighted by Crippen LogP contribution is 2.29. The first kappa shape index (κ1) is 23.5. The van der Waals surface area contributed by atoms with Gasteiger partial charge in [0.15, 0.2) is 10.9 Å². The standard InChI is InChI=1S/C24H26N4O5S/c1-14-7-8-15(12-17(14)25-21(30)18-6-5-11-32-18)20(29)27-22-26-16-9-10-28(13-19(16)34-22)23(31)33-24(2,3)4/h5-8,11-12H,9-10,13H2,1-4H3,(H,25,30)(H,26,27,29). The Balaban J connectivity index is 1.43. The van der Waals surface area contributed by atoms with Gasteiger partial charge in [-0.1, -0.05) is 17.4 Å². The summed E-state index contributed by atoms with van der Waals surface area (Å²) in [6.45, 7) is 8.24. The third-order valence-electron chi connectivity index (χ3n) is 5.10. The van der Waals surface area contributed by atoms with Crippen LogP contribution in [-0.4, -0.2) is 39.9 Å². The number of carbonyl (C=O) groups is 3. The van der Waals surface area contributed by atoms with Gasteiger partial charge in [0, 0.05) is 29.1 Å². The quantitative estimate of drug-likeness (QED) is 0.550. The number of fused-ring (bicyclic) bond motifs is 1. The molecule has 2 aromatic heterocycles. The minimum absolute atomic E-state index is 0.183. The average Bonchev–Trinajstić information content (AvgIpc) is 3.43. The molecule has 178 valence electrons. The molecule has 0 saturated heterocycles. The first-order chi connectivity index (χ1) is 16.1. The number of ether oxygens (including phenoxy) is 1. The highest BCUT2D eigenvalue weighted by molar-refractivity contribution is 7.15. The Labute approximate surface area is 201 Å². The Hall–Kier alpha value is -3.66. The Morgan fingerprint density at radius 1 is 1.15 bits per heavy atom. The molecule has 1 aliphatic heterocycles. The van der Waals surface area contributed by atoms with Crippen molar-refractivity contribution < 1.29 is 23.5 Å². The summed E-state index contributed by atoms with van der Waals surface area (Å²) >= 11 is 1.34. The molecule has 0 bridgehead atoms. The number of hydrogen-bond donors (Lipinski definition) is 2. The maximum atomic E-state index is 12.9. The second kappa shape index (κ2) is 9.30. The first-order valence-electron chi connectivity index (χ1n) is 10.8. The van der Waals surface area contributed by atoms with E-state index in [1.165, 1.54) is 17.6 Å². The molecule has 0 spiro atoms. The van der Waals surface area contributed by atoms with Gasteiger partial charge in [-0.2, -0.15) is 0 Å². The van der Waals surface area contributed by atoms with Gasteiger partial charge in [0.1, 0.15) is 5.60 Å². The fraction of sp³-hybridized carbons (Fsp3) is 0.333. The molecule has 1 aliphatic rings. The predicted molar refractivity (Wildman–Crippen MR) is 128 cm³/mol. The van der Waals surface area contributed by atoms with E-state index in [9.17, 15) is 14.4 Å². The summed E-state index contributed by atoms with van der Waals surface area (Å²) in [6.07, 6.45) is 1.65. The van der Waals surface area contributed by atoms with Gasteiger partial charge in [-0.05, 0) is 57.5 Å². The van der Waals surface area contributed by atoms with Crippen LogP contribution in [-0.2, 0) is 17.7 Å². The van der Waals surface area contributed by atoms with Crippen molar-refractivity contribution in [2.24, 2.45) is 0 Å². The number of thiazole rings is 1.